The molecular formula is C27H25N3O4. The van der Waals surface area contributed by atoms with Crippen LogP contribution in [0, 0.1) is 11.3 Å². The van der Waals surface area contributed by atoms with Crippen molar-refractivity contribution in [3.8, 4) is 23.3 Å². The van der Waals surface area contributed by atoms with Crippen molar-refractivity contribution in [2.45, 2.75) is 25.8 Å². The second kappa shape index (κ2) is 9.08. The minimum atomic E-state index is -0.343. The first-order valence-corrected chi connectivity index (χ1v) is 11.2. The number of aromatic hydroxyl groups is 1. The van der Waals surface area contributed by atoms with Crippen molar-refractivity contribution < 1.29 is 19.4 Å². The fourth-order valence-electron chi connectivity index (χ4n) is 4.38. The predicted octanol–water partition coefficient (Wildman–Crippen LogP) is 3.69. The Morgan fingerprint density at radius 2 is 1.85 bits per heavy atom. The highest BCUT2D eigenvalue weighted by Gasteiger charge is 2.30. The van der Waals surface area contributed by atoms with Gasteiger partial charge >= 0.3 is 0 Å². The molecule has 0 spiro atoms. The summed E-state index contributed by atoms with van der Waals surface area (Å²) in [4.78, 5) is 17.4. The first kappa shape index (κ1) is 21.8. The molecule has 0 aromatic heterocycles. The molecule has 0 bridgehead atoms. The number of fused-ring (bicyclic) bond motifs is 1. The van der Waals surface area contributed by atoms with Crippen molar-refractivity contribution in [2.75, 3.05) is 20.1 Å². The van der Waals surface area contributed by atoms with Crippen molar-refractivity contribution >= 4 is 5.91 Å². The number of phenols is 1. The second-order valence-electron chi connectivity index (χ2n) is 8.81. The fraction of sp³-hybridized carbons (Fsp3) is 0.259. The third-order valence-electron chi connectivity index (χ3n) is 6.18. The van der Waals surface area contributed by atoms with Crippen molar-refractivity contribution in [2.24, 2.45) is 0 Å². The van der Waals surface area contributed by atoms with Crippen LogP contribution in [0.2, 0.25) is 0 Å². The van der Waals surface area contributed by atoms with Gasteiger partial charge in [-0.3, -0.25) is 9.69 Å². The van der Waals surface area contributed by atoms with Gasteiger partial charge in [0.1, 0.15) is 35.5 Å². The number of carbonyl (C=O) groups is 1. The van der Waals surface area contributed by atoms with Crippen LogP contribution in [0.1, 0.15) is 32.6 Å². The Bertz CT molecular complexity index is 1260. The summed E-state index contributed by atoms with van der Waals surface area (Å²) in [7, 11) is 2.06. The number of likely N-dealkylation sites (N-methyl/N-ethyl adjacent to an activating group) is 1. The van der Waals surface area contributed by atoms with Crippen LogP contribution in [0.25, 0.3) is 0 Å². The highest BCUT2D eigenvalue weighted by molar-refractivity contribution is 6.00. The van der Waals surface area contributed by atoms with E-state index < -0.39 is 0 Å². The third kappa shape index (κ3) is 4.41. The van der Waals surface area contributed by atoms with Crippen LogP contribution in [0.3, 0.4) is 0 Å². The number of carbonyl (C=O) groups excluding carboxylic acids is 1. The van der Waals surface area contributed by atoms with Crippen LogP contribution in [-0.4, -0.2) is 47.1 Å². The van der Waals surface area contributed by atoms with Gasteiger partial charge in [0, 0.05) is 26.2 Å². The summed E-state index contributed by atoms with van der Waals surface area (Å²) in [5.41, 5.74) is 3.29. The highest BCUT2D eigenvalue weighted by atomic mass is 16.5. The number of nitriles is 1. The van der Waals surface area contributed by atoms with E-state index in [4.69, 9.17) is 9.47 Å². The lowest BCUT2D eigenvalue weighted by Gasteiger charge is -2.36. The molecule has 0 unspecified atom stereocenters. The van der Waals surface area contributed by atoms with Crippen LogP contribution >= 0.6 is 0 Å². The minimum Gasteiger partial charge on any atom is -0.507 e. The zero-order chi connectivity index (χ0) is 23.7. The summed E-state index contributed by atoms with van der Waals surface area (Å²) in [6, 6.07) is 20.3. The molecule has 0 atom stereocenters. The third-order valence-corrected chi connectivity index (χ3v) is 6.18. The number of nitrogens with zero attached hydrogens (tertiary/aromatic N) is 3. The molecule has 3 aromatic rings. The van der Waals surface area contributed by atoms with Gasteiger partial charge in [-0.25, -0.2) is 0 Å². The zero-order valence-corrected chi connectivity index (χ0v) is 18.9. The molecule has 3 aromatic carbocycles. The molecule has 34 heavy (non-hydrogen) atoms. The van der Waals surface area contributed by atoms with E-state index in [1.165, 1.54) is 12.1 Å². The van der Waals surface area contributed by atoms with E-state index in [-0.39, 0.29) is 41.2 Å². The maximum atomic E-state index is 13.5. The molecule has 1 fully saturated rings. The highest BCUT2D eigenvalue weighted by Crippen LogP contribution is 2.35. The number of phenolic OH excluding ortho intramolecular Hbond substituents is 1. The van der Waals surface area contributed by atoms with E-state index in [2.05, 4.69) is 11.9 Å². The molecule has 1 saturated heterocycles. The molecule has 7 nitrogen and oxygen atoms in total. The standard InChI is InChI=1S/C27H25N3O4/c1-29-15-23(16-29)34-22-8-7-20-13-30(14-21(20)11-22)27(32)26-24(31)9-19(12-28)10-25(26)33-17-18-5-3-2-4-6-18/h2-11,23,31H,13-17H2,1H3. The maximum Gasteiger partial charge on any atom is 0.262 e. The Balaban J connectivity index is 1.35. The Hall–Kier alpha value is -4.02. The van der Waals surface area contributed by atoms with E-state index >= 15 is 0 Å². The quantitative estimate of drug-likeness (QED) is 0.610. The zero-order valence-electron chi connectivity index (χ0n) is 18.9. The number of benzene rings is 3. The number of hydrogen-bond acceptors (Lipinski definition) is 6. The average Bonchev–Trinajstić information content (AvgIpc) is 3.25. The van der Waals surface area contributed by atoms with E-state index in [0.717, 1.165) is 35.5 Å². The lowest BCUT2D eigenvalue weighted by Crippen LogP contribution is -2.51. The van der Waals surface area contributed by atoms with Gasteiger partial charge in [0.15, 0.2) is 0 Å². The normalized spacial score (nSPS) is 15.4. The molecule has 172 valence electrons. The lowest BCUT2D eigenvalue weighted by atomic mass is 10.1. The average molecular weight is 456 g/mol. The van der Waals surface area contributed by atoms with Gasteiger partial charge in [0.25, 0.3) is 5.91 Å². The van der Waals surface area contributed by atoms with E-state index in [1.54, 1.807) is 4.90 Å². The number of likely N-dealkylation sites (tertiary alicyclic amines) is 1. The van der Waals surface area contributed by atoms with Crippen LogP contribution in [0.15, 0.2) is 60.7 Å². The summed E-state index contributed by atoms with van der Waals surface area (Å²) < 4.78 is 11.9. The predicted molar refractivity (Wildman–Crippen MR) is 126 cm³/mol. The molecule has 0 aliphatic carbocycles. The Kier molecular flexibility index (Phi) is 5.83. The molecule has 2 aliphatic heterocycles. The summed E-state index contributed by atoms with van der Waals surface area (Å²) in [6.07, 6.45) is 0.196. The van der Waals surface area contributed by atoms with Gasteiger partial charge in [-0.15, -0.1) is 0 Å². The maximum absolute atomic E-state index is 13.5. The molecule has 1 N–H and O–H groups in total. The number of rotatable bonds is 6. The summed E-state index contributed by atoms with van der Waals surface area (Å²) >= 11 is 0. The Morgan fingerprint density at radius 3 is 2.59 bits per heavy atom. The number of ether oxygens (including phenoxy) is 2. The topological polar surface area (TPSA) is 86.0 Å². The summed E-state index contributed by atoms with van der Waals surface area (Å²) in [5.74, 6) is 0.393. The Labute approximate surface area is 198 Å². The van der Waals surface area contributed by atoms with Crippen molar-refractivity contribution in [1.29, 1.82) is 5.26 Å². The SMILES string of the molecule is CN1CC(Oc2ccc3c(c2)CN(C(=O)c2c(O)cc(C#N)cc2OCc2ccccc2)C3)C1. The lowest BCUT2D eigenvalue weighted by molar-refractivity contribution is 0.0387. The van der Waals surface area contributed by atoms with Gasteiger partial charge in [-0.2, -0.15) is 5.26 Å². The fourth-order valence-corrected chi connectivity index (χ4v) is 4.38. The van der Waals surface area contributed by atoms with E-state index in [1.807, 2.05) is 54.6 Å². The smallest absolute Gasteiger partial charge is 0.262 e. The first-order valence-electron chi connectivity index (χ1n) is 11.2. The van der Waals surface area contributed by atoms with E-state index in [9.17, 15) is 15.2 Å². The van der Waals surface area contributed by atoms with Crippen LogP contribution in [0.5, 0.6) is 17.2 Å². The summed E-state index contributed by atoms with van der Waals surface area (Å²) in [6.45, 7) is 2.87. The van der Waals surface area contributed by atoms with Crippen LogP contribution in [0.4, 0.5) is 0 Å². The molecule has 7 heteroatoms. The first-order chi connectivity index (χ1) is 16.5. The Morgan fingerprint density at radius 1 is 1.09 bits per heavy atom. The van der Waals surface area contributed by atoms with Crippen LogP contribution < -0.4 is 9.47 Å². The molecular weight excluding hydrogens is 430 g/mol. The van der Waals surface area contributed by atoms with Gasteiger partial charge in [-0.05, 0) is 48.0 Å². The van der Waals surface area contributed by atoms with Gasteiger partial charge < -0.3 is 19.5 Å². The van der Waals surface area contributed by atoms with Gasteiger partial charge in [-0.1, -0.05) is 36.4 Å². The number of amides is 1. The van der Waals surface area contributed by atoms with Crippen molar-refractivity contribution in [3.05, 3.63) is 88.5 Å². The monoisotopic (exact) mass is 455 g/mol. The van der Waals surface area contributed by atoms with Crippen LogP contribution in [-0.2, 0) is 19.7 Å². The second-order valence-corrected chi connectivity index (χ2v) is 8.81. The minimum absolute atomic E-state index is 0.0664. The molecule has 1 amide bonds. The molecule has 5 rings (SSSR count). The van der Waals surface area contributed by atoms with Gasteiger partial charge in [0.2, 0.25) is 0 Å². The molecule has 0 radical (unpaired) electrons. The van der Waals surface area contributed by atoms with E-state index in [0.29, 0.717) is 13.1 Å². The number of hydrogen-bond donors (Lipinski definition) is 1. The molecule has 2 heterocycles. The largest absolute Gasteiger partial charge is 0.507 e. The molecule has 0 saturated carbocycles. The summed E-state index contributed by atoms with van der Waals surface area (Å²) in [5, 5.41) is 20.0. The van der Waals surface area contributed by atoms with Gasteiger partial charge in [0.05, 0.1) is 11.6 Å². The van der Waals surface area contributed by atoms with Crippen molar-refractivity contribution in [1.82, 2.24) is 9.80 Å². The van der Waals surface area contributed by atoms with Crippen molar-refractivity contribution in [3.63, 3.8) is 0 Å². The molecule has 2 aliphatic rings.